The van der Waals surface area contributed by atoms with Gasteiger partial charge in [-0.25, -0.2) is 4.79 Å². The van der Waals surface area contributed by atoms with Crippen LogP contribution in [0, 0.1) is 0 Å². The molecule has 0 spiro atoms. The summed E-state index contributed by atoms with van der Waals surface area (Å²) in [4.78, 5) is 31.2. The van der Waals surface area contributed by atoms with Crippen molar-refractivity contribution in [3.05, 3.63) is 35.9 Å². The van der Waals surface area contributed by atoms with E-state index in [1.807, 2.05) is 31.7 Å². The Kier molecular flexibility index (Phi) is 6.60. The van der Waals surface area contributed by atoms with Crippen LogP contribution < -0.4 is 0 Å². The van der Waals surface area contributed by atoms with Gasteiger partial charge in [0, 0.05) is 51.7 Å². The maximum Gasteiger partial charge on any atom is 0.410 e. The Morgan fingerprint density at radius 2 is 1.71 bits per heavy atom. The van der Waals surface area contributed by atoms with E-state index in [4.69, 9.17) is 4.74 Å². The van der Waals surface area contributed by atoms with Crippen LogP contribution in [0.5, 0.6) is 0 Å². The number of rotatable bonds is 3. The molecule has 2 saturated heterocycles. The zero-order valence-electron chi connectivity index (χ0n) is 17.4. The zero-order chi connectivity index (χ0) is 20.1. The SMILES string of the molecule is CC(C)(C)OC(=O)N1CCC(=O)N(C2CCN(Cc3ccccc3)CC2)CC1. The van der Waals surface area contributed by atoms with Gasteiger partial charge < -0.3 is 14.5 Å². The third kappa shape index (κ3) is 5.71. The Balaban J connectivity index is 1.50. The van der Waals surface area contributed by atoms with Gasteiger partial charge in [0.2, 0.25) is 5.91 Å². The second kappa shape index (κ2) is 8.95. The third-order valence-corrected chi connectivity index (χ3v) is 5.43. The van der Waals surface area contributed by atoms with Crippen LogP contribution in [-0.2, 0) is 16.1 Å². The summed E-state index contributed by atoms with van der Waals surface area (Å²) in [6.07, 6.45) is 2.04. The van der Waals surface area contributed by atoms with Crippen LogP contribution in [0.3, 0.4) is 0 Å². The van der Waals surface area contributed by atoms with E-state index in [1.54, 1.807) is 4.90 Å². The van der Waals surface area contributed by atoms with E-state index in [1.165, 1.54) is 5.56 Å². The summed E-state index contributed by atoms with van der Waals surface area (Å²) in [5.74, 6) is 0.160. The molecule has 0 bridgehead atoms. The molecule has 0 aliphatic carbocycles. The van der Waals surface area contributed by atoms with Crippen molar-refractivity contribution in [1.29, 1.82) is 0 Å². The Morgan fingerprint density at radius 1 is 1.04 bits per heavy atom. The number of benzene rings is 1. The molecule has 0 aromatic heterocycles. The summed E-state index contributed by atoms with van der Waals surface area (Å²) in [6.45, 7) is 10.1. The quantitative estimate of drug-likeness (QED) is 0.800. The number of hydrogen-bond acceptors (Lipinski definition) is 4. The molecular weight excluding hydrogens is 354 g/mol. The number of amides is 2. The first-order valence-electron chi connectivity index (χ1n) is 10.4. The minimum Gasteiger partial charge on any atom is -0.444 e. The average Bonchev–Trinajstić information content (AvgIpc) is 2.84. The zero-order valence-corrected chi connectivity index (χ0v) is 17.4. The first-order valence-corrected chi connectivity index (χ1v) is 10.4. The highest BCUT2D eigenvalue weighted by atomic mass is 16.6. The molecule has 2 fully saturated rings. The predicted octanol–water partition coefficient (Wildman–Crippen LogP) is 3.12. The summed E-state index contributed by atoms with van der Waals surface area (Å²) in [6, 6.07) is 10.8. The van der Waals surface area contributed by atoms with Gasteiger partial charge in [0.25, 0.3) is 0 Å². The molecule has 28 heavy (non-hydrogen) atoms. The monoisotopic (exact) mass is 387 g/mol. The molecule has 0 N–H and O–H groups in total. The summed E-state index contributed by atoms with van der Waals surface area (Å²) >= 11 is 0. The second-order valence-electron chi connectivity index (χ2n) is 8.80. The summed E-state index contributed by atoms with van der Waals surface area (Å²) < 4.78 is 5.47. The fourth-order valence-electron chi connectivity index (χ4n) is 3.97. The first-order chi connectivity index (χ1) is 13.3. The van der Waals surface area contributed by atoms with Gasteiger partial charge in [-0.1, -0.05) is 30.3 Å². The smallest absolute Gasteiger partial charge is 0.410 e. The standard InChI is InChI=1S/C22H33N3O3/c1-22(2,3)28-21(27)24-14-11-20(26)25(16-15-24)19-9-12-23(13-10-19)17-18-7-5-4-6-8-18/h4-8,19H,9-17H2,1-3H3. The minimum absolute atomic E-state index is 0.160. The molecule has 0 saturated carbocycles. The molecule has 2 aliphatic rings. The van der Waals surface area contributed by atoms with Crippen LogP contribution in [0.2, 0.25) is 0 Å². The summed E-state index contributed by atoms with van der Waals surface area (Å²) in [7, 11) is 0. The van der Waals surface area contributed by atoms with Crippen molar-refractivity contribution < 1.29 is 14.3 Å². The molecular formula is C22H33N3O3. The summed E-state index contributed by atoms with van der Waals surface area (Å²) in [5.41, 5.74) is 0.818. The highest BCUT2D eigenvalue weighted by Crippen LogP contribution is 2.21. The molecule has 6 nitrogen and oxygen atoms in total. The summed E-state index contributed by atoms with van der Waals surface area (Å²) in [5, 5.41) is 0. The van der Waals surface area contributed by atoms with Gasteiger partial charge in [0.1, 0.15) is 5.60 Å². The van der Waals surface area contributed by atoms with Crippen LogP contribution in [0.25, 0.3) is 0 Å². The van der Waals surface area contributed by atoms with Crippen LogP contribution >= 0.6 is 0 Å². The maximum atomic E-state index is 12.7. The van der Waals surface area contributed by atoms with Crippen molar-refractivity contribution in [2.24, 2.45) is 0 Å². The average molecular weight is 388 g/mol. The van der Waals surface area contributed by atoms with Gasteiger partial charge >= 0.3 is 6.09 Å². The van der Waals surface area contributed by atoms with Gasteiger partial charge in [-0.3, -0.25) is 9.69 Å². The maximum absolute atomic E-state index is 12.7. The fraction of sp³-hybridized carbons (Fsp3) is 0.636. The van der Waals surface area contributed by atoms with E-state index in [2.05, 4.69) is 29.2 Å². The Labute approximate surface area is 168 Å². The van der Waals surface area contributed by atoms with Gasteiger partial charge in [-0.15, -0.1) is 0 Å². The van der Waals surface area contributed by atoms with Crippen LogP contribution in [0.1, 0.15) is 45.6 Å². The number of piperidine rings is 1. The number of likely N-dealkylation sites (tertiary alicyclic amines) is 1. The lowest BCUT2D eigenvalue weighted by Crippen LogP contribution is -2.48. The van der Waals surface area contributed by atoms with Gasteiger partial charge in [-0.05, 0) is 39.2 Å². The van der Waals surface area contributed by atoms with Crippen molar-refractivity contribution in [1.82, 2.24) is 14.7 Å². The molecule has 154 valence electrons. The molecule has 0 unspecified atom stereocenters. The normalized spacial score (nSPS) is 20.2. The molecule has 1 aromatic carbocycles. The highest BCUT2D eigenvalue weighted by Gasteiger charge is 2.32. The van der Waals surface area contributed by atoms with E-state index < -0.39 is 5.60 Å². The van der Waals surface area contributed by atoms with Crippen LogP contribution in [0.15, 0.2) is 30.3 Å². The van der Waals surface area contributed by atoms with Gasteiger partial charge in [0.15, 0.2) is 0 Å². The van der Waals surface area contributed by atoms with Gasteiger partial charge in [-0.2, -0.15) is 0 Å². The van der Waals surface area contributed by atoms with E-state index >= 15 is 0 Å². The lowest BCUT2D eigenvalue weighted by molar-refractivity contribution is -0.133. The number of hydrogen-bond donors (Lipinski definition) is 0. The van der Waals surface area contributed by atoms with Crippen molar-refractivity contribution in [2.75, 3.05) is 32.7 Å². The highest BCUT2D eigenvalue weighted by molar-refractivity contribution is 5.78. The van der Waals surface area contributed by atoms with E-state index in [0.29, 0.717) is 26.1 Å². The van der Waals surface area contributed by atoms with E-state index in [9.17, 15) is 9.59 Å². The Hall–Kier alpha value is -2.08. The largest absolute Gasteiger partial charge is 0.444 e. The molecule has 0 atom stereocenters. The number of carbonyl (C=O) groups is 2. The molecule has 0 radical (unpaired) electrons. The third-order valence-electron chi connectivity index (χ3n) is 5.43. The molecule has 2 heterocycles. The Bertz CT molecular complexity index is 663. The molecule has 2 amide bonds. The van der Waals surface area contributed by atoms with Crippen molar-refractivity contribution in [3.63, 3.8) is 0 Å². The molecule has 3 rings (SSSR count). The van der Waals surface area contributed by atoms with Crippen molar-refractivity contribution in [3.8, 4) is 0 Å². The minimum atomic E-state index is -0.515. The molecule has 1 aromatic rings. The number of nitrogens with zero attached hydrogens (tertiary/aromatic N) is 3. The molecule has 2 aliphatic heterocycles. The Morgan fingerprint density at radius 3 is 2.36 bits per heavy atom. The topological polar surface area (TPSA) is 53.1 Å². The van der Waals surface area contributed by atoms with Crippen LogP contribution in [0.4, 0.5) is 4.79 Å². The van der Waals surface area contributed by atoms with Crippen LogP contribution in [-0.4, -0.2) is 71.1 Å². The van der Waals surface area contributed by atoms with Crippen molar-refractivity contribution in [2.45, 2.75) is 58.2 Å². The lowest BCUT2D eigenvalue weighted by atomic mass is 10.0. The number of ether oxygens (including phenoxy) is 1. The number of carbonyl (C=O) groups excluding carboxylic acids is 2. The lowest BCUT2D eigenvalue weighted by Gasteiger charge is -2.38. The first kappa shape index (κ1) is 20.6. The van der Waals surface area contributed by atoms with E-state index in [-0.39, 0.29) is 18.0 Å². The second-order valence-corrected chi connectivity index (χ2v) is 8.80. The molecule has 6 heteroatoms. The predicted molar refractivity (Wildman–Crippen MR) is 109 cm³/mol. The van der Waals surface area contributed by atoms with Crippen molar-refractivity contribution >= 4 is 12.0 Å². The van der Waals surface area contributed by atoms with E-state index in [0.717, 1.165) is 32.5 Å². The van der Waals surface area contributed by atoms with Gasteiger partial charge in [0.05, 0.1) is 0 Å². The fourth-order valence-corrected chi connectivity index (χ4v) is 3.97.